The van der Waals surface area contributed by atoms with Gasteiger partial charge < -0.3 is 4.90 Å². The molecule has 3 fully saturated rings. The summed E-state index contributed by atoms with van der Waals surface area (Å²) in [7, 11) is 0. The summed E-state index contributed by atoms with van der Waals surface area (Å²) in [6.45, 7) is 0.856. The summed E-state index contributed by atoms with van der Waals surface area (Å²) >= 11 is 0. The number of amides is 3. The van der Waals surface area contributed by atoms with Crippen LogP contribution in [0.1, 0.15) is 29.5 Å². The molecule has 4 atom stereocenters. The number of para-hydroxylation sites is 1. The lowest BCUT2D eigenvalue weighted by atomic mass is 9.75. The third kappa shape index (κ3) is 3.16. The third-order valence-corrected chi connectivity index (χ3v) is 8.76. The van der Waals surface area contributed by atoms with Gasteiger partial charge in [0.05, 0.1) is 29.6 Å². The smallest absolute Gasteiger partial charge is 0.306 e. The highest BCUT2D eigenvalue weighted by Crippen LogP contribution is 2.62. The zero-order valence-electron chi connectivity index (χ0n) is 20.8. The second-order valence-corrected chi connectivity index (χ2v) is 10.6. The molecule has 3 aromatic carbocycles. The van der Waals surface area contributed by atoms with E-state index in [1.54, 1.807) is 4.90 Å². The molecular weight excluding hydrogens is 507 g/mol. The zero-order chi connectivity index (χ0) is 27.1. The number of anilines is 2. The van der Waals surface area contributed by atoms with Gasteiger partial charge in [0.25, 0.3) is 5.91 Å². The van der Waals surface area contributed by atoms with E-state index in [2.05, 4.69) is 0 Å². The van der Waals surface area contributed by atoms with Gasteiger partial charge in [-0.05, 0) is 49.2 Å². The van der Waals surface area contributed by atoms with Crippen LogP contribution in [0.25, 0.3) is 0 Å². The average molecular weight is 532 g/mol. The molecule has 3 aromatic rings. The van der Waals surface area contributed by atoms with Crippen LogP contribution in [-0.2, 0) is 32.6 Å². The topological polar surface area (TPSA) is 60.9 Å². The molecule has 198 valence electrons. The molecule has 4 aliphatic rings. The molecule has 3 saturated heterocycles. The van der Waals surface area contributed by atoms with Crippen LogP contribution in [0.4, 0.5) is 24.5 Å². The zero-order valence-corrected chi connectivity index (χ0v) is 20.8. The van der Waals surface area contributed by atoms with Gasteiger partial charge in [0.15, 0.2) is 0 Å². The Morgan fingerprint density at radius 2 is 1.62 bits per heavy atom. The van der Waals surface area contributed by atoms with Crippen LogP contribution < -0.4 is 9.80 Å². The Hall–Kier alpha value is -3.98. The Balaban J connectivity index is 1.37. The van der Waals surface area contributed by atoms with Crippen molar-refractivity contribution in [1.82, 2.24) is 4.90 Å². The van der Waals surface area contributed by atoms with Crippen LogP contribution in [-0.4, -0.2) is 35.2 Å². The molecule has 0 unspecified atom stereocenters. The Morgan fingerprint density at radius 1 is 0.872 bits per heavy atom. The van der Waals surface area contributed by atoms with Crippen molar-refractivity contribution < 1.29 is 27.6 Å². The molecule has 3 amide bonds. The Morgan fingerprint density at radius 3 is 2.38 bits per heavy atom. The monoisotopic (exact) mass is 531 g/mol. The normalized spacial score (nSPS) is 28.0. The maximum Gasteiger partial charge on any atom is 0.416 e. The molecule has 0 aromatic heterocycles. The van der Waals surface area contributed by atoms with Crippen molar-refractivity contribution in [3.05, 3.63) is 95.6 Å². The fourth-order valence-corrected chi connectivity index (χ4v) is 7.34. The fraction of sp³-hybridized carbons (Fsp3) is 0.300. The maximum atomic E-state index is 14.6. The van der Waals surface area contributed by atoms with Crippen LogP contribution in [0.3, 0.4) is 0 Å². The van der Waals surface area contributed by atoms with Gasteiger partial charge in [-0.25, -0.2) is 4.90 Å². The number of fused-ring (bicyclic) bond motifs is 7. The largest absolute Gasteiger partial charge is 0.416 e. The molecule has 0 N–H and O–H groups in total. The van der Waals surface area contributed by atoms with E-state index in [0.717, 1.165) is 29.0 Å². The molecule has 0 bridgehead atoms. The van der Waals surface area contributed by atoms with Gasteiger partial charge in [-0.15, -0.1) is 0 Å². The summed E-state index contributed by atoms with van der Waals surface area (Å²) in [5.41, 5.74) is -0.155. The van der Waals surface area contributed by atoms with Crippen molar-refractivity contribution in [2.45, 2.75) is 37.1 Å². The van der Waals surface area contributed by atoms with Crippen molar-refractivity contribution in [2.24, 2.45) is 11.8 Å². The van der Waals surface area contributed by atoms with E-state index < -0.39 is 40.9 Å². The molecule has 4 heterocycles. The van der Waals surface area contributed by atoms with Crippen LogP contribution in [0.2, 0.25) is 0 Å². The Labute approximate surface area is 222 Å². The molecule has 9 heteroatoms. The van der Waals surface area contributed by atoms with Gasteiger partial charge in [-0.2, -0.15) is 13.2 Å². The highest BCUT2D eigenvalue weighted by Gasteiger charge is 2.75. The number of halogens is 3. The maximum absolute atomic E-state index is 14.6. The van der Waals surface area contributed by atoms with Crippen LogP contribution in [0.15, 0.2) is 78.9 Å². The van der Waals surface area contributed by atoms with Crippen molar-refractivity contribution >= 4 is 29.1 Å². The number of carbonyl (C=O) groups is 3. The number of hydrogen-bond acceptors (Lipinski definition) is 4. The minimum absolute atomic E-state index is 0.117. The van der Waals surface area contributed by atoms with Gasteiger partial charge in [0.2, 0.25) is 11.8 Å². The summed E-state index contributed by atoms with van der Waals surface area (Å²) < 4.78 is 40.5. The summed E-state index contributed by atoms with van der Waals surface area (Å²) in [4.78, 5) is 47.3. The van der Waals surface area contributed by atoms with Crippen molar-refractivity contribution in [2.75, 3.05) is 16.3 Å². The standard InChI is InChI=1S/C30H24F3N3O3/c31-30(32,33)19-10-6-11-20(16-19)36-26(37)24-23-14-7-15-35(23)29(25(24)27(36)38)21-12-4-5-13-22(21)34(28(29)39)17-18-8-2-1-3-9-18/h1-6,8-13,16,23-25H,7,14-15,17H2/t23-,24-,25+,29+/m1/s1. The van der Waals surface area contributed by atoms with Crippen LogP contribution >= 0.6 is 0 Å². The van der Waals surface area contributed by atoms with Gasteiger partial charge in [-0.1, -0.05) is 54.6 Å². The number of imide groups is 1. The van der Waals surface area contributed by atoms with Crippen molar-refractivity contribution in [1.29, 1.82) is 0 Å². The summed E-state index contributed by atoms with van der Waals surface area (Å²) in [5.74, 6) is -3.27. The van der Waals surface area contributed by atoms with Crippen molar-refractivity contribution in [3.8, 4) is 0 Å². The van der Waals surface area contributed by atoms with E-state index in [-0.39, 0.29) is 17.6 Å². The van der Waals surface area contributed by atoms with E-state index in [1.165, 1.54) is 12.1 Å². The van der Waals surface area contributed by atoms with E-state index in [1.807, 2.05) is 59.5 Å². The number of hydrogen-bond donors (Lipinski definition) is 0. The lowest BCUT2D eigenvalue weighted by Crippen LogP contribution is -2.55. The van der Waals surface area contributed by atoms with Gasteiger partial charge in [-0.3, -0.25) is 19.3 Å². The molecule has 6 nitrogen and oxygen atoms in total. The number of rotatable bonds is 3. The molecule has 0 saturated carbocycles. The van der Waals surface area contributed by atoms with Crippen LogP contribution in [0, 0.1) is 11.8 Å². The minimum Gasteiger partial charge on any atom is -0.306 e. The summed E-state index contributed by atoms with van der Waals surface area (Å²) in [6.07, 6.45) is -3.24. The first-order chi connectivity index (χ1) is 18.7. The predicted molar refractivity (Wildman–Crippen MR) is 136 cm³/mol. The molecule has 0 aliphatic carbocycles. The predicted octanol–water partition coefficient (Wildman–Crippen LogP) is 4.73. The van der Waals surface area contributed by atoms with Crippen LogP contribution in [0.5, 0.6) is 0 Å². The first kappa shape index (κ1) is 24.1. The van der Waals surface area contributed by atoms with Gasteiger partial charge in [0.1, 0.15) is 5.54 Å². The SMILES string of the molecule is O=C1[C@@H]2[C@H]3CCCN3[C@]3(C(=O)N(Cc4ccccc4)c4ccccc43)[C@@H]2C(=O)N1c1cccc(C(F)(F)F)c1. The van der Waals surface area contributed by atoms with E-state index >= 15 is 0 Å². The summed E-state index contributed by atoms with van der Waals surface area (Å²) in [6, 6.07) is 20.8. The number of alkyl halides is 3. The molecule has 1 spiro atoms. The molecule has 7 rings (SSSR count). The van der Waals surface area contributed by atoms with Gasteiger partial charge >= 0.3 is 6.18 Å². The molecule has 39 heavy (non-hydrogen) atoms. The van der Waals surface area contributed by atoms with E-state index in [9.17, 15) is 27.6 Å². The molecule has 0 radical (unpaired) electrons. The first-order valence-electron chi connectivity index (χ1n) is 13.0. The second-order valence-electron chi connectivity index (χ2n) is 10.6. The average Bonchev–Trinajstić information content (AvgIpc) is 3.63. The third-order valence-electron chi connectivity index (χ3n) is 8.76. The lowest BCUT2D eigenvalue weighted by molar-refractivity contribution is -0.138. The minimum atomic E-state index is -4.63. The molecule has 4 aliphatic heterocycles. The quantitative estimate of drug-likeness (QED) is 0.459. The lowest BCUT2D eigenvalue weighted by Gasteiger charge is -2.37. The van der Waals surface area contributed by atoms with Crippen molar-refractivity contribution in [3.63, 3.8) is 0 Å². The summed E-state index contributed by atoms with van der Waals surface area (Å²) in [5, 5.41) is 0. The molecular formula is C30H24F3N3O3. The number of benzene rings is 3. The van der Waals surface area contributed by atoms with Gasteiger partial charge in [0, 0.05) is 17.3 Å². The Kier molecular flexibility index (Phi) is 5.10. The Bertz CT molecular complexity index is 1520. The number of carbonyl (C=O) groups excluding carboxylic acids is 3. The second kappa shape index (κ2) is 8.26. The van der Waals surface area contributed by atoms with E-state index in [0.29, 0.717) is 30.8 Å². The van der Waals surface area contributed by atoms with E-state index in [4.69, 9.17) is 0 Å². The highest BCUT2D eigenvalue weighted by molar-refractivity contribution is 6.26. The highest BCUT2D eigenvalue weighted by atomic mass is 19.4. The fourth-order valence-electron chi connectivity index (χ4n) is 7.34. The first-order valence-corrected chi connectivity index (χ1v) is 13.0. The number of nitrogens with zero attached hydrogens (tertiary/aromatic N) is 3.